The Morgan fingerprint density at radius 2 is 1.58 bits per heavy atom. The van der Waals surface area contributed by atoms with Crippen molar-refractivity contribution in [1.82, 2.24) is 0 Å². The van der Waals surface area contributed by atoms with Crippen molar-refractivity contribution in [2.75, 3.05) is 5.01 Å². The van der Waals surface area contributed by atoms with E-state index in [1.54, 1.807) is 12.1 Å². The minimum absolute atomic E-state index is 0.0158. The first-order chi connectivity index (χ1) is 12.6. The molecule has 1 unspecified atom stereocenters. The van der Waals surface area contributed by atoms with Crippen LogP contribution in [0.2, 0.25) is 0 Å². The summed E-state index contributed by atoms with van der Waals surface area (Å²) in [5, 5.41) is 16.6. The molecule has 0 aromatic heterocycles. The standard InChI is InChI=1S/C21H16F2N2O/c22-15-8-6-14(7-9-15)20-13-19(18-12-16(23)10-11-21(18)26)24-25(20)17-4-2-1-3-5-17/h1-12,20,26H,13H2. The molecule has 1 aliphatic rings. The molecule has 26 heavy (non-hydrogen) atoms. The molecule has 0 aliphatic carbocycles. The largest absolute Gasteiger partial charge is 0.507 e. The zero-order valence-electron chi connectivity index (χ0n) is 13.8. The predicted molar refractivity (Wildman–Crippen MR) is 97.3 cm³/mol. The first-order valence-electron chi connectivity index (χ1n) is 8.28. The van der Waals surface area contributed by atoms with Gasteiger partial charge in [0.25, 0.3) is 0 Å². The van der Waals surface area contributed by atoms with Crippen molar-refractivity contribution in [1.29, 1.82) is 0 Å². The fourth-order valence-electron chi connectivity index (χ4n) is 3.18. The van der Waals surface area contributed by atoms with Crippen LogP contribution in [-0.2, 0) is 0 Å². The Bertz CT molecular complexity index is 956. The van der Waals surface area contributed by atoms with Crippen molar-refractivity contribution < 1.29 is 13.9 Å². The van der Waals surface area contributed by atoms with E-state index in [9.17, 15) is 13.9 Å². The number of aromatic hydroxyl groups is 1. The maximum absolute atomic E-state index is 13.7. The topological polar surface area (TPSA) is 35.8 Å². The van der Waals surface area contributed by atoms with Gasteiger partial charge in [0.15, 0.2) is 0 Å². The van der Waals surface area contributed by atoms with Gasteiger partial charge in [-0.2, -0.15) is 5.10 Å². The Morgan fingerprint density at radius 3 is 2.31 bits per heavy atom. The number of para-hydroxylation sites is 1. The molecule has 3 nitrogen and oxygen atoms in total. The fraction of sp³-hybridized carbons (Fsp3) is 0.0952. The Balaban J connectivity index is 1.78. The van der Waals surface area contributed by atoms with Crippen LogP contribution in [-0.4, -0.2) is 10.8 Å². The summed E-state index contributed by atoms with van der Waals surface area (Å²) >= 11 is 0. The number of phenols is 1. The third-order valence-electron chi connectivity index (χ3n) is 4.46. The van der Waals surface area contributed by atoms with Crippen LogP contribution in [0.5, 0.6) is 5.75 Å². The highest BCUT2D eigenvalue weighted by atomic mass is 19.1. The van der Waals surface area contributed by atoms with Gasteiger partial charge in [-0.15, -0.1) is 0 Å². The van der Waals surface area contributed by atoms with Crippen LogP contribution in [0.3, 0.4) is 0 Å². The number of rotatable bonds is 3. The molecule has 0 saturated heterocycles. The number of benzene rings is 3. The SMILES string of the molecule is Oc1ccc(F)cc1C1=NN(c2ccccc2)C(c2ccc(F)cc2)C1. The maximum Gasteiger partial charge on any atom is 0.124 e. The van der Waals surface area contributed by atoms with E-state index in [1.807, 2.05) is 35.3 Å². The predicted octanol–water partition coefficient (Wildman–Crippen LogP) is 5.03. The lowest BCUT2D eigenvalue weighted by Gasteiger charge is -2.23. The van der Waals surface area contributed by atoms with Crippen LogP contribution in [0.1, 0.15) is 23.6 Å². The molecule has 1 atom stereocenters. The van der Waals surface area contributed by atoms with E-state index >= 15 is 0 Å². The van der Waals surface area contributed by atoms with Crippen molar-refractivity contribution in [2.24, 2.45) is 5.10 Å². The summed E-state index contributed by atoms with van der Waals surface area (Å²) in [7, 11) is 0. The molecule has 130 valence electrons. The second kappa shape index (κ2) is 6.59. The zero-order chi connectivity index (χ0) is 18.1. The summed E-state index contributed by atoms with van der Waals surface area (Å²) in [6.45, 7) is 0. The van der Waals surface area contributed by atoms with Crippen molar-refractivity contribution in [3.8, 4) is 5.75 Å². The number of phenolic OH excluding ortho intramolecular Hbond substituents is 1. The van der Waals surface area contributed by atoms with Gasteiger partial charge in [-0.3, -0.25) is 5.01 Å². The summed E-state index contributed by atoms with van der Waals surface area (Å²) in [5.74, 6) is -0.753. The lowest BCUT2D eigenvalue weighted by Crippen LogP contribution is -2.18. The summed E-state index contributed by atoms with van der Waals surface area (Å²) in [4.78, 5) is 0. The molecular weight excluding hydrogens is 334 g/mol. The van der Waals surface area contributed by atoms with E-state index in [1.165, 1.54) is 30.3 Å². The van der Waals surface area contributed by atoms with E-state index in [-0.39, 0.29) is 17.6 Å². The van der Waals surface area contributed by atoms with Gasteiger partial charge in [-0.05, 0) is 48.0 Å². The van der Waals surface area contributed by atoms with E-state index in [4.69, 9.17) is 0 Å². The summed E-state index contributed by atoms with van der Waals surface area (Å²) in [6.07, 6.45) is 0.470. The van der Waals surface area contributed by atoms with Gasteiger partial charge in [-0.25, -0.2) is 8.78 Å². The third kappa shape index (κ3) is 3.04. The van der Waals surface area contributed by atoms with E-state index in [2.05, 4.69) is 5.10 Å². The lowest BCUT2D eigenvalue weighted by molar-refractivity contribution is 0.471. The highest BCUT2D eigenvalue weighted by Gasteiger charge is 2.31. The number of anilines is 1. The molecule has 0 saturated carbocycles. The molecule has 1 N–H and O–H groups in total. The van der Waals surface area contributed by atoms with Crippen LogP contribution in [0.15, 0.2) is 77.9 Å². The van der Waals surface area contributed by atoms with Crippen LogP contribution >= 0.6 is 0 Å². The highest BCUT2D eigenvalue weighted by molar-refractivity contribution is 6.05. The third-order valence-corrected chi connectivity index (χ3v) is 4.46. The normalized spacial score (nSPS) is 16.6. The second-order valence-corrected chi connectivity index (χ2v) is 6.16. The molecule has 0 spiro atoms. The van der Waals surface area contributed by atoms with Crippen LogP contribution in [0.25, 0.3) is 0 Å². The van der Waals surface area contributed by atoms with Crippen molar-refractivity contribution in [3.05, 3.63) is 95.6 Å². The second-order valence-electron chi connectivity index (χ2n) is 6.16. The van der Waals surface area contributed by atoms with Gasteiger partial charge in [-0.1, -0.05) is 30.3 Å². The molecule has 0 radical (unpaired) electrons. The van der Waals surface area contributed by atoms with Gasteiger partial charge in [0, 0.05) is 12.0 Å². The summed E-state index contributed by atoms with van der Waals surface area (Å²) < 4.78 is 27.0. The first-order valence-corrected chi connectivity index (χ1v) is 8.28. The number of hydrazone groups is 1. The molecule has 3 aromatic rings. The average Bonchev–Trinajstić information content (AvgIpc) is 3.10. The minimum Gasteiger partial charge on any atom is -0.507 e. The van der Waals surface area contributed by atoms with Gasteiger partial charge >= 0.3 is 0 Å². The zero-order valence-corrected chi connectivity index (χ0v) is 13.8. The van der Waals surface area contributed by atoms with Crippen LogP contribution < -0.4 is 5.01 Å². The number of hydrogen-bond donors (Lipinski definition) is 1. The van der Waals surface area contributed by atoms with Crippen molar-refractivity contribution in [3.63, 3.8) is 0 Å². The molecule has 0 amide bonds. The first kappa shape index (κ1) is 16.3. The summed E-state index contributed by atoms with van der Waals surface area (Å²) in [5.41, 5.74) is 2.72. The van der Waals surface area contributed by atoms with Crippen molar-refractivity contribution in [2.45, 2.75) is 12.5 Å². The van der Waals surface area contributed by atoms with Crippen molar-refractivity contribution >= 4 is 11.4 Å². The molecular formula is C21H16F2N2O. The lowest BCUT2D eigenvalue weighted by atomic mass is 9.97. The molecule has 1 aliphatic heterocycles. The Kier molecular flexibility index (Phi) is 4.13. The summed E-state index contributed by atoms with van der Waals surface area (Å²) in [6, 6.07) is 19.5. The van der Waals surface area contributed by atoms with E-state index in [0.29, 0.717) is 17.7 Å². The van der Waals surface area contributed by atoms with Gasteiger partial charge in [0.2, 0.25) is 0 Å². The van der Waals surface area contributed by atoms with E-state index in [0.717, 1.165) is 11.3 Å². The number of nitrogens with zero attached hydrogens (tertiary/aromatic N) is 2. The highest BCUT2D eigenvalue weighted by Crippen LogP contribution is 2.38. The Hall–Kier alpha value is -3.21. The molecule has 0 bridgehead atoms. The smallest absolute Gasteiger partial charge is 0.124 e. The van der Waals surface area contributed by atoms with Crippen LogP contribution in [0.4, 0.5) is 14.5 Å². The van der Waals surface area contributed by atoms with Gasteiger partial charge in [0.1, 0.15) is 17.4 Å². The Morgan fingerprint density at radius 1 is 0.885 bits per heavy atom. The van der Waals surface area contributed by atoms with Gasteiger partial charge < -0.3 is 5.11 Å². The molecule has 1 heterocycles. The molecule has 4 rings (SSSR count). The number of hydrogen-bond acceptors (Lipinski definition) is 3. The minimum atomic E-state index is -0.433. The monoisotopic (exact) mass is 350 g/mol. The number of halogens is 2. The average molecular weight is 350 g/mol. The molecule has 5 heteroatoms. The van der Waals surface area contributed by atoms with Crippen LogP contribution in [0, 0.1) is 11.6 Å². The van der Waals surface area contributed by atoms with Gasteiger partial charge in [0.05, 0.1) is 17.4 Å². The maximum atomic E-state index is 13.7. The van der Waals surface area contributed by atoms with E-state index < -0.39 is 5.82 Å². The molecule has 3 aromatic carbocycles. The quantitative estimate of drug-likeness (QED) is 0.719. The Labute approximate surface area is 149 Å². The molecule has 0 fully saturated rings. The fourth-order valence-corrected chi connectivity index (χ4v) is 3.18.